The van der Waals surface area contributed by atoms with Crippen LogP contribution in [-0.2, 0) is 20.4 Å². The van der Waals surface area contributed by atoms with Crippen LogP contribution in [0.15, 0.2) is 30.3 Å². The molecule has 1 aromatic heterocycles. The predicted molar refractivity (Wildman–Crippen MR) is 92.2 cm³/mol. The van der Waals surface area contributed by atoms with Crippen molar-refractivity contribution in [2.75, 3.05) is 0 Å². The van der Waals surface area contributed by atoms with E-state index < -0.39 is 7.59 Å². The molecular weight excluding hydrogens is 411 g/mol. The van der Waals surface area contributed by atoms with E-state index in [4.69, 9.17) is 69.6 Å². The maximum Gasteiger partial charge on any atom is 0.250 e. The quantitative estimate of drug-likeness (QED) is 0.633. The Bertz CT molecular complexity index is 604. The lowest BCUT2D eigenvalue weighted by atomic mass is 10.1. The Kier molecular flexibility index (Phi) is 6.03. The van der Waals surface area contributed by atoms with Crippen LogP contribution in [0.3, 0.4) is 0 Å². The summed E-state index contributed by atoms with van der Waals surface area (Å²) >= 11 is 34.9. The van der Waals surface area contributed by atoms with Crippen LogP contribution in [0.4, 0.5) is 0 Å². The minimum Gasteiger partial charge on any atom is -0.213 e. The summed E-state index contributed by atoms with van der Waals surface area (Å²) in [5, 5.41) is 0. The maximum absolute atomic E-state index is 5.82. The number of aromatic nitrogens is 3. The molecule has 0 aliphatic heterocycles. The maximum atomic E-state index is 5.82. The van der Waals surface area contributed by atoms with Gasteiger partial charge < -0.3 is 0 Å². The van der Waals surface area contributed by atoms with Gasteiger partial charge >= 0.3 is 0 Å². The van der Waals surface area contributed by atoms with E-state index in [9.17, 15) is 0 Å². The molecule has 0 N–H and O–H groups in total. The zero-order chi connectivity index (χ0) is 16.4. The molecular formula is C13H9Cl6N3. The minimum atomic E-state index is -1.82. The third-order valence-electron chi connectivity index (χ3n) is 2.67. The van der Waals surface area contributed by atoms with Crippen molar-refractivity contribution in [2.45, 2.75) is 20.4 Å². The lowest BCUT2D eigenvalue weighted by molar-refractivity contribution is 0.759. The number of halogens is 6. The highest BCUT2D eigenvalue weighted by Gasteiger charge is 2.33. The highest BCUT2D eigenvalue weighted by molar-refractivity contribution is 6.67. The Morgan fingerprint density at radius 1 is 0.682 bits per heavy atom. The summed E-state index contributed by atoms with van der Waals surface area (Å²) in [4.78, 5) is 12.2. The summed E-state index contributed by atoms with van der Waals surface area (Å²) in [6.07, 6.45) is 1.19. The molecule has 2 aromatic rings. The van der Waals surface area contributed by atoms with Crippen molar-refractivity contribution in [2.24, 2.45) is 0 Å². The summed E-state index contributed by atoms with van der Waals surface area (Å²) in [6.45, 7) is 0. The number of alkyl halides is 6. The fraction of sp³-hybridized carbons (Fsp3) is 0.308. The van der Waals surface area contributed by atoms with Crippen molar-refractivity contribution in [1.29, 1.82) is 0 Å². The first-order valence-corrected chi connectivity index (χ1v) is 8.36. The molecule has 22 heavy (non-hydrogen) atoms. The smallest absolute Gasteiger partial charge is 0.213 e. The fourth-order valence-electron chi connectivity index (χ4n) is 1.69. The first-order valence-electron chi connectivity index (χ1n) is 6.09. The first kappa shape index (κ1) is 18.3. The summed E-state index contributed by atoms with van der Waals surface area (Å²) in [7, 11) is 0. The van der Waals surface area contributed by atoms with Crippen molar-refractivity contribution in [3.8, 4) is 0 Å². The van der Waals surface area contributed by atoms with E-state index >= 15 is 0 Å². The van der Waals surface area contributed by atoms with Crippen LogP contribution in [0.1, 0.15) is 23.0 Å². The monoisotopic (exact) mass is 417 g/mol. The van der Waals surface area contributed by atoms with E-state index in [1.807, 2.05) is 30.3 Å². The second-order valence-electron chi connectivity index (χ2n) is 4.38. The second kappa shape index (κ2) is 7.25. The molecule has 0 saturated carbocycles. The van der Waals surface area contributed by atoms with Crippen LogP contribution in [0.25, 0.3) is 0 Å². The zero-order valence-corrected chi connectivity index (χ0v) is 15.4. The van der Waals surface area contributed by atoms with Crippen LogP contribution in [-0.4, -0.2) is 15.0 Å². The number of benzene rings is 1. The van der Waals surface area contributed by atoms with Crippen LogP contribution < -0.4 is 0 Å². The molecule has 0 aliphatic rings. The fourth-order valence-corrected chi connectivity index (χ4v) is 2.19. The molecule has 1 aromatic carbocycles. The van der Waals surface area contributed by atoms with E-state index in [0.717, 1.165) is 5.56 Å². The van der Waals surface area contributed by atoms with Gasteiger partial charge in [-0.05, 0) is 12.0 Å². The van der Waals surface area contributed by atoms with E-state index in [2.05, 4.69) is 15.0 Å². The van der Waals surface area contributed by atoms with Gasteiger partial charge in [-0.2, -0.15) is 0 Å². The molecule has 0 aliphatic carbocycles. The van der Waals surface area contributed by atoms with Crippen molar-refractivity contribution in [1.82, 2.24) is 15.0 Å². The molecule has 0 fully saturated rings. The average molecular weight is 420 g/mol. The molecule has 3 nitrogen and oxygen atoms in total. The van der Waals surface area contributed by atoms with Crippen molar-refractivity contribution in [3.63, 3.8) is 0 Å². The Balaban J connectivity index is 2.30. The molecule has 2 rings (SSSR count). The van der Waals surface area contributed by atoms with Gasteiger partial charge in [0.05, 0.1) is 0 Å². The predicted octanol–water partition coefficient (Wildman–Crippen LogP) is 5.31. The molecule has 9 heteroatoms. The topological polar surface area (TPSA) is 38.7 Å². The van der Waals surface area contributed by atoms with Crippen LogP contribution in [0.5, 0.6) is 0 Å². The molecule has 0 radical (unpaired) electrons. The standard InChI is InChI=1S/C13H9Cl6N3/c14-12(15,16)10-20-9(21-11(22-10)13(17,18)19)7-6-8-4-2-1-3-5-8/h1-5H,6-7H2. The van der Waals surface area contributed by atoms with Crippen LogP contribution in [0.2, 0.25) is 0 Å². The second-order valence-corrected chi connectivity index (χ2v) is 8.94. The summed E-state index contributed by atoms with van der Waals surface area (Å²) in [6, 6.07) is 9.82. The van der Waals surface area contributed by atoms with Gasteiger partial charge in [-0.1, -0.05) is 99.9 Å². The molecule has 0 unspecified atom stereocenters. The van der Waals surface area contributed by atoms with Crippen molar-refractivity contribution in [3.05, 3.63) is 53.4 Å². The van der Waals surface area contributed by atoms with Gasteiger partial charge in [0.15, 0.2) is 11.6 Å². The van der Waals surface area contributed by atoms with Gasteiger partial charge in [0.1, 0.15) is 5.82 Å². The lowest BCUT2D eigenvalue weighted by Gasteiger charge is -2.15. The molecule has 118 valence electrons. The summed E-state index contributed by atoms with van der Waals surface area (Å²) < 4.78 is -3.65. The highest BCUT2D eigenvalue weighted by Crippen LogP contribution is 2.39. The Labute approximate surface area is 157 Å². The number of hydrogen-bond donors (Lipinski definition) is 0. The van der Waals surface area contributed by atoms with Gasteiger partial charge in [-0.15, -0.1) is 0 Å². The van der Waals surface area contributed by atoms with Gasteiger partial charge in [0.2, 0.25) is 7.59 Å². The van der Waals surface area contributed by atoms with Gasteiger partial charge in [0.25, 0.3) is 0 Å². The summed E-state index contributed by atoms with van der Waals surface area (Å²) in [5.74, 6) is 0.246. The number of hydrogen-bond acceptors (Lipinski definition) is 3. The molecule has 0 bridgehead atoms. The number of rotatable bonds is 3. The Morgan fingerprint density at radius 3 is 1.64 bits per heavy atom. The molecule has 1 heterocycles. The van der Waals surface area contributed by atoms with Crippen molar-refractivity contribution >= 4 is 69.6 Å². The molecule has 0 atom stereocenters. The van der Waals surface area contributed by atoms with E-state index in [0.29, 0.717) is 18.7 Å². The Morgan fingerprint density at radius 2 is 1.18 bits per heavy atom. The van der Waals surface area contributed by atoms with Crippen LogP contribution >= 0.6 is 69.6 Å². The number of aryl methyl sites for hydroxylation is 2. The van der Waals surface area contributed by atoms with E-state index in [1.165, 1.54) is 0 Å². The summed E-state index contributed by atoms with van der Waals surface area (Å²) in [5.41, 5.74) is 1.12. The SMILES string of the molecule is ClC(Cl)(Cl)c1nc(CCc2ccccc2)nc(C(Cl)(Cl)Cl)n1. The zero-order valence-electron chi connectivity index (χ0n) is 10.9. The third kappa shape index (κ3) is 5.26. The average Bonchev–Trinajstić information content (AvgIpc) is 2.44. The number of nitrogens with zero attached hydrogens (tertiary/aromatic N) is 3. The molecule has 0 amide bonds. The largest absolute Gasteiger partial charge is 0.250 e. The third-order valence-corrected chi connectivity index (χ3v) is 3.68. The van der Waals surface area contributed by atoms with Gasteiger partial charge in [-0.25, -0.2) is 15.0 Å². The van der Waals surface area contributed by atoms with E-state index in [-0.39, 0.29) is 11.6 Å². The highest BCUT2D eigenvalue weighted by atomic mass is 35.6. The van der Waals surface area contributed by atoms with Crippen LogP contribution in [0, 0.1) is 0 Å². The van der Waals surface area contributed by atoms with Gasteiger partial charge in [0, 0.05) is 6.42 Å². The van der Waals surface area contributed by atoms with E-state index in [1.54, 1.807) is 0 Å². The van der Waals surface area contributed by atoms with Gasteiger partial charge in [-0.3, -0.25) is 0 Å². The molecule has 0 spiro atoms. The minimum absolute atomic E-state index is 0.0723. The van der Waals surface area contributed by atoms with Crippen molar-refractivity contribution < 1.29 is 0 Å². The molecule has 0 saturated heterocycles. The normalized spacial score (nSPS) is 12.5. The lowest BCUT2D eigenvalue weighted by Crippen LogP contribution is -2.18. The first-order chi connectivity index (χ1) is 10.2. The Hall–Kier alpha value is -0.0300.